The van der Waals surface area contributed by atoms with Crippen LogP contribution in [0.5, 0.6) is 0 Å². The van der Waals surface area contributed by atoms with Gasteiger partial charge in [-0.05, 0) is 13.3 Å². The number of Topliss-reactive ketones (excluding diaryl/α,β-unsaturated/α-hetero) is 3. The largest absolute Gasteiger partial charge is 0.358 e. The van der Waals surface area contributed by atoms with Gasteiger partial charge in [0, 0.05) is 11.1 Å². The van der Waals surface area contributed by atoms with Gasteiger partial charge in [0.2, 0.25) is 0 Å². The Kier molecular flexibility index (Phi) is 2.41. The van der Waals surface area contributed by atoms with E-state index in [1.165, 1.54) is 6.92 Å². The van der Waals surface area contributed by atoms with Gasteiger partial charge in [0.15, 0.2) is 17.3 Å². The summed E-state index contributed by atoms with van der Waals surface area (Å²) in [7, 11) is 0. The SMILES string of the molecule is CC(=O)[C@@H]1C[C@@H]2C(=O)c3ccccc3C(=O)[C@H]2O1. The van der Waals surface area contributed by atoms with Gasteiger partial charge in [-0.25, -0.2) is 0 Å². The van der Waals surface area contributed by atoms with Crippen molar-refractivity contribution in [3.05, 3.63) is 35.4 Å². The molecule has 0 N–H and O–H groups in total. The molecule has 3 rings (SSSR count). The second-order valence-corrected chi connectivity index (χ2v) is 4.77. The Bertz CT molecular complexity index is 518. The van der Waals surface area contributed by atoms with Crippen molar-refractivity contribution in [1.29, 1.82) is 0 Å². The highest BCUT2D eigenvalue weighted by Gasteiger charge is 2.49. The Morgan fingerprint density at radius 3 is 2.39 bits per heavy atom. The average molecular weight is 244 g/mol. The van der Waals surface area contributed by atoms with Crippen molar-refractivity contribution in [3.8, 4) is 0 Å². The Hall–Kier alpha value is -1.81. The molecular weight excluding hydrogens is 232 g/mol. The average Bonchev–Trinajstić information content (AvgIpc) is 2.81. The number of hydrogen-bond acceptors (Lipinski definition) is 4. The summed E-state index contributed by atoms with van der Waals surface area (Å²) in [5.41, 5.74) is 0.865. The molecule has 0 aromatic heterocycles. The Morgan fingerprint density at radius 1 is 1.17 bits per heavy atom. The minimum absolute atomic E-state index is 0.0843. The van der Waals surface area contributed by atoms with Gasteiger partial charge in [-0.1, -0.05) is 24.3 Å². The van der Waals surface area contributed by atoms with Crippen molar-refractivity contribution < 1.29 is 19.1 Å². The van der Waals surface area contributed by atoms with Gasteiger partial charge < -0.3 is 4.74 Å². The summed E-state index contributed by atoms with van der Waals surface area (Å²) in [4.78, 5) is 35.8. The number of ether oxygens (including phenoxy) is 1. The second kappa shape index (κ2) is 3.85. The number of fused-ring (bicyclic) bond motifs is 2. The van der Waals surface area contributed by atoms with Gasteiger partial charge in [0.05, 0.1) is 5.92 Å². The normalized spacial score (nSPS) is 29.9. The second-order valence-electron chi connectivity index (χ2n) is 4.77. The maximum absolute atomic E-state index is 12.3. The zero-order valence-corrected chi connectivity index (χ0v) is 9.88. The van der Waals surface area contributed by atoms with Gasteiger partial charge in [0.1, 0.15) is 12.2 Å². The molecule has 92 valence electrons. The van der Waals surface area contributed by atoms with Crippen molar-refractivity contribution in [3.63, 3.8) is 0 Å². The van der Waals surface area contributed by atoms with E-state index in [1.54, 1.807) is 24.3 Å². The first-order valence-electron chi connectivity index (χ1n) is 5.93. The molecule has 4 nitrogen and oxygen atoms in total. The van der Waals surface area contributed by atoms with E-state index in [1.807, 2.05) is 0 Å². The lowest BCUT2D eigenvalue weighted by atomic mass is 9.79. The van der Waals surface area contributed by atoms with E-state index in [0.29, 0.717) is 17.5 Å². The Morgan fingerprint density at radius 2 is 1.78 bits per heavy atom. The Labute approximate surface area is 104 Å². The van der Waals surface area contributed by atoms with Crippen molar-refractivity contribution in [1.82, 2.24) is 0 Å². The number of rotatable bonds is 1. The zero-order chi connectivity index (χ0) is 12.9. The molecule has 1 heterocycles. The van der Waals surface area contributed by atoms with Crippen molar-refractivity contribution in [2.45, 2.75) is 25.6 Å². The predicted molar refractivity (Wildman–Crippen MR) is 62.6 cm³/mol. The summed E-state index contributed by atoms with van der Waals surface area (Å²) in [6.45, 7) is 1.42. The third-order valence-electron chi connectivity index (χ3n) is 3.65. The summed E-state index contributed by atoms with van der Waals surface area (Å²) < 4.78 is 5.45. The van der Waals surface area contributed by atoms with Crippen molar-refractivity contribution in [2.24, 2.45) is 5.92 Å². The fourth-order valence-electron chi connectivity index (χ4n) is 2.70. The van der Waals surface area contributed by atoms with Gasteiger partial charge in [-0.15, -0.1) is 0 Å². The van der Waals surface area contributed by atoms with Crippen LogP contribution in [0.2, 0.25) is 0 Å². The van der Waals surface area contributed by atoms with E-state index in [4.69, 9.17) is 4.74 Å². The smallest absolute Gasteiger partial charge is 0.193 e. The molecule has 0 saturated carbocycles. The summed E-state index contributed by atoms with van der Waals surface area (Å²) in [6, 6.07) is 6.76. The standard InChI is InChI=1S/C14H12O4/c1-7(15)11-6-10-12(16)8-4-2-3-5-9(8)13(17)14(10)18-11/h2-5,10-11,14H,6H2,1H3/t10-,11+,14+/m1/s1. The van der Waals surface area contributed by atoms with Crippen LogP contribution in [0.4, 0.5) is 0 Å². The van der Waals surface area contributed by atoms with Gasteiger partial charge >= 0.3 is 0 Å². The van der Waals surface area contributed by atoms with Gasteiger partial charge in [0.25, 0.3) is 0 Å². The summed E-state index contributed by atoms with van der Waals surface area (Å²) in [6.07, 6.45) is -1.08. The molecule has 1 fully saturated rings. The monoisotopic (exact) mass is 244 g/mol. The van der Waals surface area contributed by atoms with Gasteiger partial charge in [-0.2, -0.15) is 0 Å². The van der Waals surface area contributed by atoms with E-state index < -0.39 is 18.1 Å². The number of hydrogen-bond donors (Lipinski definition) is 0. The highest BCUT2D eigenvalue weighted by Crippen LogP contribution is 2.36. The van der Waals surface area contributed by atoms with Crippen LogP contribution < -0.4 is 0 Å². The molecule has 0 bridgehead atoms. The molecule has 1 aliphatic carbocycles. The fourth-order valence-corrected chi connectivity index (χ4v) is 2.70. The molecule has 3 atom stereocenters. The molecule has 4 heteroatoms. The lowest BCUT2D eigenvalue weighted by Crippen LogP contribution is -2.38. The van der Waals surface area contributed by atoms with Crippen LogP contribution in [0.15, 0.2) is 24.3 Å². The zero-order valence-electron chi connectivity index (χ0n) is 9.88. The van der Waals surface area contributed by atoms with Crippen molar-refractivity contribution >= 4 is 17.3 Å². The van der Waals surface area contributed by atoms with Gasteiger partial charge in [-0.3, -0.25) is 14.4 Å². The van der Waals surface area contributed by atoms with E-state index >= 15 is 0 Å². The van der Waals surface area contributed by atoms with Crippen LogP contribution in [0.3, 0.4) is 0 Å². The quantitative estimate of drug-likeness (QED) is 0.749. The molecule has 1 saturated heterocycles. The third kappa shape index (κ3) is 1.46. The Balaban J connectivity index is 2.04. The molecule has 2 aliphatic rings. The van der Waals surface area contributed by atoms with Crippen LogP contribution in [0.1, 0.15) is 34.1 Å². The minimum Gasteiger partial charge on any atom is -0.358 e. The number of benzene rings is 1. The minimum atomic E-state index is -0.777. The molecule has 18 heavy (non-hydrogen) atoms. The van der Waals surface area contributed by atoms with E-state index in [0.717, 1.165) is 0 Å². The molecule has 0 amide bonds. The number of carbonyl (C=O) groups is 3. The molecule has 1 aliphatic heterocycles. The first-order chi connectivity index (χ1) is 8.59. The fraction of sp³-hybridized carbons (Fsp3) is 0.357. The van der Waals surface area contributed by atoms with Crippen LogP contribution >= 0.6 is 0 Å². The molecule has 0 spiro atoms. The number of ketones is 3. The molecule has 1 aromatic carbocycles. The third-order valence-corrected chi connectivity index (χ3v) is 3.65. The molecule has 1 aromatic rings. The van der Waals surface area contributed by atoms with Crippen LogP contribution in [0.25, 0.3) is 0 Å². The lowest BCUT2D eigenvalue weighted by molar-refractivity contribution is -0.126. The van der Waals surface area contributed by atoms with E-state index in [2.05, 4.69) is 0 Å². The van der Waals surface area contributed by atoms with Crippen molar-refractivity contribution in [2.75, 3.05) is 0 Å². The molecule has 0 radical (unpaired) electrons. The predicted octanol–water partition coefficient (Wildman–Crippen LogP) is 1.43. The number of carbonyl (C=O) groups excluding carboxylic acids is 3. The van der Waals surface area contributed by atoms with Crippen LogP contribution in [-0.4, -0.2) is 29.6 Å². The highest BCUT2D eigenvalue weighted by atomic mass is 16.5. The summed E-state index contributed by atoms with van der Waals surface area (Å²) >= 11 is 0. The first-order valence-corrected chi connectivity index (χ1v) is 5.93. The lowest BCUT2D eigenvalue weighted by Gasteiger charge is -2.23. The van der Waals surface area contributed by atoms with Crippen LogP contribution in [0, 0.1) is 5.92 Å². The topological polar surface area (TPSA) is 60.4 Å². The van der Waals surface area contributed by atoms with E-state index in [-0.39, 0.29) is 17.3 Å². The first kappa shape index (κ1) is 11.3. The van der Waals surface area contributed by atoms with Crippen LogP contribution in [-0.2, 0) is 9.53 Å². The molecular formula is C14H12O4. The maximum atomic E-state index is 12.3. The summed E-state index contributed by atoms with van der Waals surface area (Å²) in [5.74, 6) is -0.895. The highest BCUT2D eigenvalue weighted by molar-refractivity contribution is 6.17. The van der Waals surface area contributed by atoms with E-state index in [9.17, 15) is 14.4 Å². The maximum Gasteiger partial charge on any atom is 0.193 e. The summed E-state index contributed by atoms with van der Waals surface area (Å²) in [5, 5.41) is 0. The molecule has 0 unspecified atom stereocenters.